The van der Waals surface area contributed by atoms with Gasteiger partial charge in [-0.2, -0.15) is 13.2 Å². The van der Waals surface area contributed by atoms with Crippen LogP contribution in [0.5, 0.6) is 0 Å². The lowest BCUT2D eigenvalue weighted by Crippen LogP contribution is -2.19. The summed E-state index contributed by atoms with van der Waals surface area (Å²) in [6, 6.07) is 3.00. The molecule has 1 N–H and O–H groups in total. The maximum absolute atomic E-state index is 13.9. The van der Waals surface area contributed by atoms with E-state index in [-0.39, 0.29) is 17.9 Å². The van der Waals surface area contributed by atoms with Crippen LogP contribution in [0.15, 0.2) is 18.2 Å². The minimum Gasteiger partial charge on any atom is -0.388 e. The first-order chi connectivity index (χ1) is 9.39. The van der Waals surface area contributed by atoms with E-state index in [1.54, 1.807) is 0 Å². The van der Waals surface area contributed by atoms with Gasteiger partial charge in [-0.05, 0) is 31.2 Å². The Hall–Kier alpha value is -1.14. The second-order valence-corrected chi connectivity index (χ2v) is 5.01. The number of hydrogen-bond donors (Lipinski definition) is 1. The summed E-state index contributed by atoms with van der Waals surface area (Å²) in [5, 5.41) is 10.00. The molecule has 0 aliphatic carbocycles. The van der Waals surface area contributed by atoms with Gasteiger partial charge in [0.05, 0.1) is 11.7 Å². The molecular weight excluding hydrogens is 276 g/mol. The quantitative estimate of drug-likeness (QED) is 0.861. The van der Waals surface area contributed by atoms with Crippen molar-refractivity contribution in [1.29, 1.82) is 0 Å². The molecule has 0 radical (unpaired) electrons. The molecule has 1 atom stereocenters. The van der Waals surface area contributed by atoms with Gasteiger partial charge < -0.3 is 9.84 Å². The molecule has 0 saturated carbocycles. The van der Waals surface area contributed by atoms with Crippen molar-refractivity contribution in [2.75, 3.05) is 13.2 Å². The highest BCUT2D eigenvalue weighted by molar-refractivity contribution is 5.29. The van der Waals surface area contributed by atoms with E-state index in [2.05, 4.69) is 0 Å². The summed E-state index contributed by atoms with van der Waals surface area (Å²) < 4.78 is 56.9. The lowest BCUT2D eigenvalue weighted by Gasteiger charge is -2.25. The zero-order valence-electron chi connectivity index (χ0n) is 10.8. The number of aliphatic hydroxyl groups is 1. The SMILES string of the molecule is OC(CC1CCOCC1)c1cccc(C(F)(F)F)c1F. The standard InChI is InChI=1S/C14H16F4O2/c15-13-10(2-1-3-11(13)14(16,17)18)12(19)8-9-4-6-20-7-5-9/h1-3,9,12,19H,4-8H2. The van der Waals surface area contributed by atoms with Gasteiger partial charge in [-0.1, -0.05) is 12.1 Å². The van der Waals surface area contributed by atoms with E-state index in [0.717, 1.165) is 18.9 Å². The Morgan fingerprint density at radius 3 is 2.50 bits per heavy atom. The number of alkyl halides is 3. The van der Waals surface area contributed by atoms with Crippen LogP contribution in [0.3, 0.4) is 0 Å². The fraction of sp³-hybridized carbons (Fsp3) is 0.571. The molecule has 6 heteroatoms. The van der Waals surface area contributed by atoms with Crippen molar-refractivity contribution < 1.29 is 27.4 Å². The van der Waals surface area contributed by atoms with Gasteiger partial charge in [0.1, 0.15) is 5.82 Å². The van der Waals surface area contributed by atoms with Gasteiger partial charge >= 0.3 is 6.18 Å². The molecule has 1 aromatic carbocycles. The Bertz CT molecular complexity index is 453. The first kappa shape index (κ1) is 15.3. The summed E-state index contributed by atoms with van der Waals surface area (Å²) >= 11 is 0. The predicted octanol–water partition coefficient (Wildman–Crippen LogP) is 3.69. The van der Waals surface area contributed by atoms with Crippen LogP contribution in [0.25, 0.3) is 0 Å². The summed E-state index contributed by atoms with van der Waals surface area (Å²) in [4.78, 5) is 0. The summed E-state index contributed by atoms with van der Waals surface area (Å²) in [7, 11) is 0. The number of rotatable bonds is 3. The minimum atomic E-state index is -4.75. The number of aliphatic hydroxyl groups excluding tert-OH is 1. The molecular formula is C14H16F4O2. The van der Waals surface area contributed by atoms with Crippen LogP contribution in [-0.2, 0) is 10.9 Å². The maximum Gasteiger partial charge on any atom is 0.419 e. The Labute approximate surface area is 114 Å². The monoisotopic (exact) mass is 292 g/mol. The third-order valence-electron chi connectivity index (χ3n) is 3.59. The van der Waals surface area contributed by atoms with Gasteiger partial charge in [-0.25, -0.2) is 4.39 Å². The Morgan fingerprint density at radius 1 is 1.25 bits per heavy atom. The van der Waals surface area contributed by atoms with Crippen molar-refractivity contribution in [3.05, 3.63) is 35.1 Å². The average molecular weight is 292 g/mol. The first-order valence-electron chi connectivity index (χ1n) is 6.51. The maximum atomic E-state index is 13.9. The Morgan fingerprint density at radius 2 is 1.90 bits per heavy atom. The van der Waals surface area contributed by atoms with Gasteiger partial charge in [-0.15, -0.1) is 0 Å². The molecule has 1 saturated heterocycles. The van der Waals surface area contributed by atoms with E-state index < -0.39 is 23.7 Å². The van der Waals surface area contributed by atoms with E-state index in [9.17, 15) is 22.7 Å². The van der Waals surface area contributed by atoms with Gasteiger partial charge in [0.15, 0.2) is 0 Å². The van der Waals surface area contributed by atoms with Gasteiger partial charge in [0, 0.05) is 18.8 Å². The lowest BCUT2D eigenvalue weighted by atomic mass is 9.90. The molecule has 1 fully saturated rings. The van der Waals surface area contributed by atoms with Crippen LogP contribution >= 0.6 is 0 Å². The van der Waals surface area contributed by atoms with Crippen molar-refractivity contribution >= 4 is 0 Å². The molecule has 1 heterocycles. The molecule has 1 aromatic rings. The highest BCUT2D eigenvalue weighted by atomic mass is 19.4. The fourth-order valence-corrected chi connectivity index (χ4v) is 2.45. The van der Waals surface area contributed by atoms with E-state index in [1.165, 1.54) is 6.07 Å². The van der Waals surface area contributed by atoms with Crippen LogP contribution in [0.2, 0.25) is 0 Å². The Balaban J connectivity index is 2.15. The molecule has 1 aliphatic heterocycles. The second kappa shape index (κ2) is 6.10. The molecule has 2 nitrogen and oxygen atoms in total. The molecule has 0 amide bonds. The van der Waals surface area contributed by atoms with Crippen molar-refractivity contribution in [2.24, 2.45) is 5.92 Å². The van der Waals surface area contributed by atoms with Crippen LogP contribution in [0, 0.1) is 11.7 Å². The summed E-state index contributed by atoms with van der Waals surface area (Å²) in [6.45, 7) is 1.14. The Kier molecular flexibility index (Phi) is 4.65. The molecule has 0 aromatic heterocycles. The van der Waals surface area contributed by atoms with E-state index >= 15 is 0 Å². The summed E-state index contributed by atoms with van der Waals surface area (Å²) in [5.41, 5.74) is -1.62. The fourth-order valence-electron chi connectivity index (χ4n) is 2.45. The van der Waals surface area contributed by atoms with Crippen LogP contribution in [0.1, 0.15) is 36.5 Å². The van der Waals surface area contributed by atoms with Crippen LogP contribution in [0.4, 0.5) is 17.6 Å². The molecule has 2 rings (SSSR count). The average Bonchev–Trinajstić information content (AvgIpc) is 2.38. The van der Waals surface area contributed by atoms with Crippen LogP contribution < -0.4 is 0 Å². The molecule has 1 unspecified atom stereocenters. The lowest BCUT2D eigenvalue weighted by molar-refractivity contribution is -0.140. The zero-order valence-corrected chi connectivity index (χ0v) is 10.8. The van der Waals surface area contributed by atoms with E-state index in [1.807, 2.05) is 0 Å². The number of benzene rings is 1. The van der Waals surface area contributed by atoms with Gasteiger partial charge in [-0.3, -0.25) is 0 Å². The highest BCUT2D eigenvalue weighted by Crippen LogP contribution is 2.35. The second-order valence-electron chi connectivity index (χ2n) is 5.01. The van der Waals surface area contributed by atoms with Gasteiger partial charge in [0.25, 0.3) is 0 Å². The number of halogens is 4. The van der Waals surface area contributed by atoms with Crippen molar-refractivity contribution in [2.45, 2.75) is 31.5 Å². The normalized spacial score (nSPS) is 19.1. The molecule has 1 aliphatic rings. The van der Waals surface area contributed by atoms with E-state index in [4.69, 9.17) is 4.74 Å². The van der Waals surface area contributed by atoms with Crippen molar-refractivity contribution in [3.8, 4) is 0 Å². The van der Waals surface area contributed by atoms with Gasteiger partial charge in [0.2, 0.25) is 0 Å². The number of hydrogen-bond acceptors (Lipinski definition) is 2. The minimum absolute atomic E-state index is 0.146. The molecule has 0 bridgehead atoms. The topological polar surface area (TPSA) is 29.5 Å². The van der Waals surface area contributed by atoms with Crippen molar-refractivity contribution in [1.82, 2.24) is 0 Å². The predicted molar refractivity (Wildman–Crippen MR) is 64.5 cm³/mol. The molecule has 20 heavy (non-hydrogen) atoms. The first-order valence-corrected chi connectivity index (χ1v) is 6.51. The molecule has 0 spiro atoms. The highest BCUT2D eigenvalue weighted by Gasteiger charge is 2.35. The molecule has 112 valence electrons. The number of ether oxygens (including phenoxy) is 1. The largest absolute Gasteiger partial charge is 0.419 e. The zero-order chi connectivity index (χ0) is 14.8. The van der Waals surface area contributed by atoms with Crippen LogP contribution in [-0.4, -0.2) is 18.3 Å². The third kappa shape index (κ3) is 3.49. The van der Waals surface area contributed by atoms with Crippen molar-refractivity contribution in [3.63, 3.8) is 0 Å². The summed E-state index contributed by atoms with van der Waals surface area (Å²) in [6.07, 6.45) is -4.25. The third-order valence-corrected chi connectivity index (χ3v) is 3.59. The summed E-state index contributed by atoms with van der Waals surface area (Å²) in [5.74, 6) is -1.23. The van der Waals surface area contributed by atoms with E-state index in [0.29, 0.717) is 19.3 Å². The smallest absolute Gasteiger partial charge is 0.388 e.